The smallest absolute Gasteiger partial charge is 0.277 e. The number of thioether (sulfide) groups is 1. The SMILES string of the molecule is CC(C)C(Sc1nnc(-c2cccs2)o1)C(=O)N1CCOCC1. The second-order valence-corrected chi connectivity index (χ2v) is 7.61. The molecule has 0 spiro atoms. The van der Waals surface area contributed by atoms with E-state index in [1.165, 1.54) is 11.8 Å². The molecule has 2 aromatic heterocycles. The van der Waals surface area contributed by atoms with Crippen LogP contribution in [0.5, 0.6) is 0 Å². The molecule has 0 aliphatic carbocycles. The summed E-state index contributed by atoms with van der Waals surface area (Å²) < 4.78 is 11.0. The molecule has 6 nitrogen and oxygen atoms in total. The normalized spacial score (nSPS) is 16.7. The van der Waals surface area contributed by atoms with E-state index in [1.807, 2.05) is 36.3 Å². The first-order valence-corrected chi connectivity index (χ1v) is 9.31. The number of carbonyl (C=O) groups excluding carboxylic acids is 1. The molecule has 1 aliphatic heterocycles. The molecule has 1 amide bonds. The van der Waals surface area contributed by atoms with Crippen molar-refractivity contribution in [1.82, 2.24) is 15.1 Å². The summed E-state index contributed by atoms with van der Waals surface area (Å²) in [6.45, 7) is 6.56. The fourth-order valence-corrected chi connectivity index (χ4v) is 3.90. The number of rotatable bonds is 5. The van der Waals surface area contributed by atoms with Gasteiger partial charge in [-0.25, -0.2) is 0 Å². The molecule has 1 atom stereocenters. The third-order valence-corrected chi connectivity index (χ3v) is 5.76. The van der Waals surface area contributed by atoms with Gasteiger partial charge in [0, 0.05) is 13.1 Å². The van der Waals surface area contributed by atoms with Crippen LogP contribution >= 0.6 is 23.1 Å². The third-order valence-electron chi connectivity index (χ3n) is 3.54. The van der Waals surface area contributed by atoms with Crippen molar-refractivity contribution >= 4 is 29.0 Å². The summed E-state index contributed by atoms with van der Waals surface area (Å²) in [7, 11) is 0. The number of hydrogen-bond acceptors (Lipinski definition) is 7. The van der Waals surface area contributed by atoms with E-state index in [9.17, 15) is 4.79 Å². The summed E-state index contributed by atoms with van der Waals surface area (Å²) in [6, 6.07) is 3.88. The molecular formula is C15H19N3O3S2. The number of hydrogen-bond donors (Lipinski definition) is 0. The van der Waals surface area contributed by atoms with E-state index in [0.717, 1.165) is 4.88 Å². The molecule has 124 valence electrons. The molecule has 0 aromatic carbocycles. The van der Waals surface area contributed by atoms with Gasteiger partial charge in [-0.1, -0.05) is 31.7 Å². The van der Waals surface area contributed by atoms with Crippen LogP contribution in [0.1, 0.15) is 13.8 Å². The van der Waals surface area contributed by atoms with Crippen LogP contribution in [0.15, 0.2) is 27.2 Å². The topological polar surface area (TPSA) is 68.5 Å². The molecule has 0 bridgehead atoms. The maximum Gasteiger partial charge on any atom is 0.277 e. The summed E-state index contributed by atoms with van der Waals surface area (Å²) >= 11 is 2.90. The van der Waals surface area contributed by atoms with Gasteiger partial charge in [-0.05, 0) is 17.4 Å². The zero-order valence-electron chi connectivity index (χ0n) is 13.1. The molecule has 2 aromatic rings. The van der Waals surface area contributed by atoms with Crippen LogP contribution in [0.3, 0.4) is 0 Å². The molecular weight excluding hydrogens is 334 g/mol. The summed E-state index contributed by atoms with van der Waals surface area (Å²) in [5.74, 6) is 0.792. The lowest BCUT2D eigenvalue weighted by atomic mass is 10.1. The van der Waals surface area contributed by atoms with E-state index in [2.05, 4.69) is 10.2 Å². The van der Waals surface area contributed by atoms with E-state index in [-0.39, 0.29) is 17.1 Å². The van der Waals surface area contributed by atoms with E-state index in [1.54, 1.807) is 11.3 Å². The van der Waals surface area contributed by atoms with E-state index >= 15 is 0 Å². The van der Waals surface area contributed by atoms with Crippen molar-refractivity contribution in [1.29, 1.82) is 0 Å². The highest BCUT2D eigenvalue weighted by atomic mass is 32.2. The standard InChI is InChI=1S/C15H19N3O3S2/c1-10(2)12(14(19)18-5-7-20-8-6-18)23-15-17-16-13(21-15)11-4-3-9-22-11/h3-4,9-10,12H,5-8H2,1-2H3. The fraction of sp³-hybridized carbons (Fsp3) is 0.533. The molecule has 1 fully saturated rings. The summed E-state index contributed by atoms with van der Waals surface area (Å²) in [5, 5.41) is 10.3. The minimum Gasteiger partial charge on any atom is -0.410 e. The van der Waals surface area contributed by atoms with Crippen LogP contribution in [-0.4, -0.2) is 52.6 Å². The first-order chi connectivity index (χ1) is 11.1. The van der Waals surface area contributed by atoms with Gasteiger partial charge in [0.05, 0.1) is 23.3 Å². The van der Waals surface area contributed by atoms with Gasteiger partial charge in [-0.2, -0.15) is 0 Å². The summed E-state index contributed by atoms with van der Waals surface area (Å²) in [6.07, 6.45) is 0. The predicted molar refractivity (Wildman–Crippen MR) is 89.5 cm³/mol. The first kappa shape index (κ1) is 16.5. The van der Waals surface area contributed by atoms with E-state index in [0.29, 0.717) is 37.4 Å². The number of carbonyl (C=O) groups is 1. The fourth-order valence-electron chi connectivity index (χ4n) is 2.30. The average molecular weight is 353 g/mol. The number of thiophene rings is 1. The lowest BCUT2D eigenvalue weighted by molar-refractivity contribution is -0.135. The van der Waals surface area contributed by atoms with Gasteiger partial charge in [-0.15, -0.1) is 21.5 Å². The molecule has 23 heavy (non-hydrogen) atoms. The first-order valence-electron chi connectivity index (χ1n) is 7.55. The van der Waals surface area contributed by atoms with Crippen molar-refractivity contribution in [2.24, 2.45) is 5.92 Å². The lowest BCUT2D eigenvalue weighted by Crippen LogP contribution is -2.46. The average Bonchev–Trinajstić information content (AvgIpc) is 3.23. The Morgan fingerprint density at radius 2 is 2.13 bits per heavy atom. The molecule has 1 aliphatic rings. The Balaban J connectivity index is 1.71. The maximum absolute atomic E-state index is 12.7. The number of amides is 1. The highest BCUT2D eigenvalue weighted by Gasteiger charge is 2.31. The Kier molecular flexibility index (Phi) is 5.34. The second-order valence-electron chi connectivity index (χ2n) is 5.57. The molecule has 8 heteroatoms. The minimum absolute atomic E-state index is 0.115. The molecule has 3 heterocycles. The van der Waals surface area contributed by atoms with Crippen molar-refractivity contribution < 1.29 is 13.9 Å². The monoisotopic (exact) mass is 353 g/mol. The van der Waals surface area contributed by atoms with Crippen LogP contribution in [0.25, 0.3) is 10.8 Å². The number of morpholine rings is 1. The number of aromatic nitrogens is 2. The van der Waals surface area contributed by atoms with Crippen molar-refractivity contribution in [2.75, 3.05) is 26.3 Å². The zero-order chi connectivity index (χ0) is 16.2. The summed E-state index contributed by atoms with van der Waals surface area (Å²) in [5.41, 5.74) is 0. The number of ether oxygens (including phenoxy) is 1. The Bertz CT molecular complexity index is 636. The molecule has 0 saturated carbocycles. The van der Waals surface area contributed by atoms with Gasteiger partial charge >= 0.3 is 0 Å². The quantitative estimate of drug-likeness (QED) is 0.770. The second kappa shape index (κ2) is 7.46. The Morgan fingerprint density at radius 3 is 2.78 bits per heavy atom. The molecule has 1 saturated heterocycles. The maximum atomic E-state index is 12.7. The van der Waals surface area contributed by atoms with Gasteiger partial charge in [0.15, 0.2) is 0 Å². The van der Waals surface area contributed by atoms with Crippen LogP contribution in [0.4, 0.5) is 0 Å². The van der Waals surface area contributed by atoms with E-state index in [4.69, 9.17) is 9.15 Å². The van der Waals surface area contributed by atoms with Crippen molar-refractivity contribution in [3.05, 3.63) is 17.5 Å². The molecule has 0 N–H and O–H groups in total. The predicted octanol–water partition coefficient (Wildman–Crippen LogP) is 2.77. The minimum atomic E-state index is -0.232. The Morgan fingerprint density at radius 1 is 1.35 bits per heavy atom. The van der Waals surface area contributed by atoms with Gasteiger partial charge in [0.25, 0.3) is 11.1 Å². The van der Waals surface area contributed by atoms with Crippen molar-refractivity contribution in [3.8, 4) is 10.8 Å². The zero-order valence-corrected chi connectivity index (χ0v) is 14.7. The van der Waals surface area contributed by atoms with Crippen LogP contribution in [-0.2, 0) is 9.53 Å². The van der Waals surface area contributed by atoms with E-state index < -0.39 is 0 Å². The highest BCUT2D eigenvalue weighted by Crippen LogP contribution is 2.32. The van der Waals surface area contributed by atoms with Gasteiger partial charge in [0.1, 0.15) is 0 Å². The Labute approximate surface area is 143 Å². The van der Waals surface area contributed by atoms with Crippen LogP contribution in [0, 0.1) is 5.92 Å². The molecule has 3 rings (SSSR count). The van der Waals surface area contributed by atoms with Crippen molar-refractivity contribution in [3.63, 3.8) is 0 Å². The van der Waals surface area contributed by atoms with Crippen LogP contribution in [0.2, 0.25) is 0 Å². The van der Waals surface area contributed by atoms with Gasteiger partial charge in [0.2, 0.25) is 5.91 Å². The van der Waals surface area contributed by atoms with Crippen LogP contribution < -0.4 is 0 Å². The number of nitrogens with zero attached hydrogens (tertiary/aromatic N) is 3. The Hall–Kier alpha value is -1.38. The largest absolute Gasteiger partial charge is 0.410 e. The van der Waals surface area contributed by atoms with Gasteiger partial charge in [-0.3, -0.25) is 4.79 Å². The lowest BCUT2D eigenvalue weighted by Gasteiger charge is -2.31. The molecule has 1 unspecified atom stereocenters. The van der Waals surface area contributed by atoms with Gasteiger partial charge < -0.3 is 14.1 Å². The summed E-state index contributed by atoms with van der Waals surface area (Å²) in [4.78, 5) is 15.5. The van der Waals surface area contributed by atoms with Crippen molar-refractivity contribution in [2.45, 2.75) is 24.3 Å². The third kappa shape index (κ3) is 3.94. The molecule has 0 radical (unpaired) electrons. The highest BCUT2D eigenvalue weighted by molar-refractivity contribution is 8.00.